The van der Waals surface area contributed by atoms with E-state index in [1.165, 1.54) is 0 Å². The maximum atomic E-state index is 12.6. The minimum Gasteiger partial charge on any atom is -0.207 e. The molecule has 1 aromatic carbocycles. The maximum absolute atomic E-state index is 12.6. The van der Waals surface area contributed by atoms with Gasteiger partial charge in [-0.15, -0.1) is 11.6 Å². The van der Waals surface area contributed by atoms with Gasteiger partial charge in [-0.2, -0.15) is 4.31 Å². The normalized spacial score (nSPS) is 21.2. The van der Waals surface area contributed by atoms with Gasteiger partial charge in [-0.25, -0.2) is 8.42 Å². The summed E-state index contributed by atoms with van der Waals surface area (Å²) in [5, 5.41) is 0. The van der Waals surface area contributed by atoms with Crippen molar-refractivity contribution in [3.63, 3.8) is 0 Å². The van der Waals surface area contributed by atoms with Gasteiger partial charge in [0, 0.05) is 18.5 Å². The van der Waals surface area contributed by atoms with Crippen molar-refractivity contribution in [1.82, 2.24) is 4.31 Å². The first kappa shape index (κ1) is 14.8. The maximum Gasteiger partial charge on any atom is 0.243 e. The Kier molecular flexibility index (Phi) is 4.54. The molecule has 0 bridgehead atoms. The Morgan fingerprint density at radius 1 is 1.32 bits per heavy atom. The first-order valence-electron chi connectivity index (χ1n) is 6.63. The van der Waals surface area contributed by atoms with Crippen molar-refractivity contribution in [2.45, 2.75) is 43.5 Å². The van der Waals surface area contributed by atoms with Crippen LogP contribution in [-0.2, 0) is 15.9 Å². The Morgan fingerprint density at radius 3 is 2.47 bits per heavy atom. The Hall–Kier alpha value is -0.580. The van der Waals surface area contributed by atoms with Crippen LogP contribution in [0.1, 0.15) is 32.3 Å². The summed E-state index contributed by atoms with van der Waals surface area (Å²) in [5.41, 5.74) is 0.933. The van der Waals surface area contributed by atoms with E-state index in [1.54, 1.807) is 28.6 Å². The van der Waals surface area contributed by atoms with E-state index in [9.17, 15) is 8.42 Å². The minimum absolute atomic E-state index is 0.123. The molecule has 5 heteroatoms. The van der Waals surface area contributed by atoms with Crippen molar-refractivity contribution >= 4 is 21.6 Å². The van der Waals surface area contributed by atoms with Gasteiger partial charge in [-0.3, -0.25) is 0 Å². The smallest absolute Gasteiger partial charge is 0.207 e. The molecule has 1 unspecified atom stereocenters. The number of hydrogen-bond donors (Lipinski definition) is 0. The molecule has 1 heterocycles. The quantitative estimate of drug-likeness (QED) is 0.801. The molecule has 1 fully saturated rings. The van der Waals surface area contributed by atoms with Gasteiger partial charge in [0.25, 0.3) is 0 Å². The lowest BCUT2D eigenvalue weighted by atomic mass is 10.0. The molecule has 1 aliphatic rings. The fourth-order valence-corrected chi connectivity index (χ4v) is 4.62. The van der Waals surface area contributed by atoms with Gasteiger partial charge in [-0.05, 0) is 36.5 Å². The summed E-state index contributed by atoms with van der Waals surface area (Å²) in [6.45, 7) is 4.78. The van der Waals surface area contributed by atoms with Gasteiger partial charge in [0.15, 0.2) is 0 Å². The Bertz CT molecular complexity index is 525. The molecule has 1 atom stereocenters. The summed E-state index contributed by atoms with van der Waals surface area (Å²) in [4.78, 5) is 0.369. The van der Waals surface area contributed by atoms with Crippen LogP contribution in [0.3, 0.4) is 0 Å². The molecule has 0 N–H and O–H groups in total. The number of rotatable bonds is 4. The second-order valence-corrected chi connectivity index (χ2v) is 7.50. The highest BCUT2D eigenvalue weighted by atomic mass is 35.5. The molecule has 2 rings (SSSR count). The van der Waals surface area contributed by atoms with E-state index < -0.39 is 10.0 Å². The minimum atomic E-state index is -3.37. The Morgan fingerprint density at radius 2 is 1.95 bits per heavy atom. The predicted octanol–water partition coefficient (Wildman–Crippen LogP) is 3.23. The number of halogens is 1. The molecule has 19 heavy (non-hydrogen) atoms. The van der Waals surface area contributed by atoms with Gasteiger partial charge < -0.3 is 0 Å². The third-order valence-electron chi connectivity index (χ3n) is 3.70. The Balaban J connectivity index is 2.30. The van der Waals surface area contributed by atoms with Crippen molar-refractivity contribution in [1.29, 1.82) is 0 Å². The van der Waals surface area contributed by atoms with Crippen LogP contribution in [-0.4, -0.2) is 25.3 Å². The summed E-state index contributed by atoms with van der Waals surface area (Å²) in [6.07, 6.45) is 1.90. The molecule has 106 valence electrons. The third-order valence-corrected chi connectivity index (χ3v) is 5.95. The van der Waals surface area contributed by atoms with Gasteiger partial charge in [0.1, 0.15) is 0 Å². The molecule has 0 spiro atoms. The SMILES string of the molecule is CC(C)C1CCCN1S(=O)(=O)c1ccc(CCl)cc1. The molecule has 0 amide bonds. The van der Waals surface area contributed by atoms with Crippen LogP contribution in [0.15, 0.2) is 29.2 Å². The molecule has 0 saturated carbocycles. The average molecular weight is 302 g/mol. The van der Waals surface area contributed by atoms with E-state index in [-0.39, 0.29) is 6.04 Å². The zero-order valence-electron chi connectivity index (χ0n) is 11.3. The van der Waals surface area contributed by atoms with E-state index in [0.717, 1.165) is 18.4 Å². The zero-order chi connectivity index (χ0) is 14.0. The number of alkyl halides is 1. The van der Waals surface area contributed by atoms with E-state index in [4.69, 9.17) is 11.6 Å². The van der Waals surface area contributed by atoms with Crippen molar-refractivity contribution in [2.24, 2.45) is 5.92 Å². The molecule has 1 aliphatic heterocycles. The van der Waals surface area contributed by atoms with Crippen LogP contribution < -0.4 is 0 Å². The fraction of sp³-hybridized carbons (Fsp3) is 0.571. The number of benzene rings is 1. The highest BCUT2D eigenvalue weighted by molar-refractivity contribution is 7.89. The number of hydrogen-bond acceptors (Lipinski definition) is 2. The van der Waals surface area contributed by atoms with Crippen LogP contribution in [0, 0.1) is 5.92 Å². The van der Waals surface area contributed by atoms with E-state index in [1.807, 2.05) is 0 Å². The van der Waals surface area contributed by atoms with Crippen molar-refractivity contribution in [2.75, 3.05) is 6.54 Å². The van der Waals surface area contributed by atoms with Crippen LogP contribution in [0.5, 0.6) is 0 Å². The van der Waals surface area contributed by atoms with Crippen molar-refractivity contribution in [3.8, 4) is 0 Å². The van der Waals surface area contributed by atoms with Crippen LogP contribution >= 0.6 is 11.6 Å². The molecule has 1 aromatic rings. The number of sulfonamides is 1. The lowest BCUT2D eigenvalue weighted by molar-refractivity contribution is 0.316. The van der Waals surface area contributed by atoms with E-state index >= 15 is 0 Å². The molecule has 1 saturated heterocycles. The van der Waals surface area contributed by atoms with E-state index in [2.05, 4.69) is 13.8 Å². The fourth-order valence-electron chi connectivity index (χ4n) is 2.62. The van der Waals surface area contributed by atoms with Gasteiger partial charge >= 0.3 is 0 Å². The summed E-state index contributed by atoms with van der Waals surface area (Å²) in [7, 11) is -3.37. The largest absolute Gasteiger partial charge is 0.243 e. The van der Waals surface area contributed by atoms with Gasteiger partial charge in [0.05, 0.1) is 4.90 Å². The van der Waals surface area contributed by atoms with Crippen molar-refractivity contribution in [3.05, 3.63) is 29.8 Å². The standard InChI is InChI=1S/C14H20ClNO2S/c1-11(2)14-4-3-9-16(14)19(17,18)13-7-5-12(10-15)6-8-13/h5-8,11,14H,3-4,9-10H2,1-2H3. The molecule has 3 nitrogen and oxygen atoms in total. The van der Waals surface area contributed by atoms with Gasteiger partial charge in [-0.1, -0.05) is 26.0 Å². The molecule has 0 radical (unpaired) electrons. The van der Waals surface area contributed by atoms with Crippen molar-refractivity contribution < 1.29 is 8.42 Å². The first-order valence-corrected chi connectivity index (χ1v) is 8.61. The van der Waals surface area contributed by atoms with Crippen LogP contribution in [0.25, 0.3) is 0 Å². The third kappa shape index (κ3) is 2.96. The molecule has 0 aliphatic carbocycles. The summed E-state index contributed by atoms with van der Waals surface area (Å²) in [6, 6.07) is 6.99. The topological polar surface area (TPSA) is 37.4 Å². The van der Waals surface area contributed by atoms with Crippen LogP contribution in [0.4, 0.5) is 0 Å². The van der Waals surface area contributed by atoms with E-state index in [0.29, 0.717) is 23.2 Å². The number of nitrogens with zero attached hydrogens (tertiary/aromatic N) is 1. The van der Waals surface area contributed by atoms with Crippen LogP contribution in [0.2, 0.25) is 0 Å². The average Bonchev–Trinajstić information content (AvgIpc) is 2.89. The molecular weight excluding hydrogens is 282 g/mol. The summed E-state index contributed by atoms with van der Waals surface area (Å²) >= 11 is 5.73. The summed E-state index contributed by atoms with van der Waals surface area (Å²) < 4.78 is 26.9. The zero-order valence-corrected chi connectivity index (χ0v) is 12.9. The highest BCUT2D eigenvalue weighted by Gasteiger charge is 2.36. The predicted molar refractivity (Wildman–Crippen MR) is 77.8 cm³/mol. The molecule has 0 aromatic heterocycles. The molecular formula is C14H20ClNO2S. The first-order chi connectivity index (χ1) is 8.96. The Labute approximate surface area is 120 Å². The lowest BCUT2D eigenvalue weighted by Gasteiger charge is -2.26. The second kappa shape index (κ2) is 5.81. The monoisotopic (exact) mass is 301 g/mol. The second-order valence-electron chi connectivity index (χ2n) is 5.35. The lowest BCUT2D eigenvalue weighted by Crippen LogP contribution is -2.38. The summed E-state index contributed by atoms with van der Waals surface area (Å²) in [5.74, 6) is 0.748. The highest BCUT2D eigenvalue weighted by Crippen LogP contribution is 2.30. The van der Waals surface area contributed by atoms with Gasteiger partial charge in [0.2, 0.25) is 10.0 Å².